The van der Waals surface area contributed by atoms with E-state index < -0.39 is 0 Å². The van der Waals surface area contributed by atoms with Gasteiger partial charge in [0.05, 0.1) is 0 Å². The van der Waals surface area contributed by atoms with Gasteiger partial charge in [0.2, 0.25) is 0 Å². The molecule has 0 aromatic heterocycles. The summed E-state index contributed by atoms with van der Waals surface area (Å²) in [6, 6.07) is 9.70. The van der Waals surface area contributed by atoms with E-state index in [1.165, 1.54) is 43.4 Å². The molecule has 1 N–H and O–H groups in total. The molecule has 0 spiro atoms. The zero-order valence-corrected chi connectivity index (χ0v) is 14.1. The SMILES string of the molecule is CCN(c1ccccc1CNCC(C)C)C1CCCCC1. The minimum atomic E-state index is 0.706. The normalized spacial score (nSPS) is 16.4. The zero-order valence-electron chi connectivity index (χ0n) is 14.1. The lowest BCUT2D eigenvalue weighted by molar-refractivity contribution is 0.417. The standard InChI is InChI=1S/C19H32N2/c1-4-21(18-11-6-5-7-12-18)19-13-9-8-10-17(19)15-20-14-16(2)3/h8-10,13,16,18,20H,4-7,11-12,14-15H2,1-3H3. The first-order valence-electron chi connectivity index (χ1n) is 8.77. The maximum atomic E-state index is 3.60. The first-order valence-corrected chi connectivity index (χ1v) is 8.77. The highest BCUT2D eigenvalue weighted by molar-refractivity contribution is 5.54. The second-order valence-electron chi connectivity index (χ2n) is 6.73. The molecule has 0 saturated heterocycles. The van der Waals surface area contributed by atoms with E-state index in [9.17, 15) is 0 Å². The van der Waals surface area contributed by atoms with Gasteiger partial charge in [-0.05, 0) is 43.9 Å². The van der Waals surface area contributed by atoms with Crippen molar-refractivity contribution in [2.24, 2.45) is 5.92 Å². The molecule has 2 heteroatoms. The van der Waals surface area contributed by atoms with Gasteiger partial charge in [-0.1, -0.05) is 51.3 Å². The summed E-state index contributed by atoms with van der Waals surface area (Å²) in [4.78, 5) is 2.64. The van der Waals surface area contributed by atoms with Crippen LogP contribution >= 0.6 is 0 Å². The Labute approximate surface area is 130 Å². The lowest BCUT2D eigenvalue weighted by atomic mass is 9.93. The largest absolute Gasteiger partial charge is 0.369 e. The highest BCUT2D eigenvalue weighted by atomic mass is 15.2. The Morgan fingerprint density at radius 1 is 1.14 bits per heavy atom. The van der Waals surface area contributed by atoms with Crippen molar-refractivity contribution in [1.82, 2.24) is 5.32 Å². The summed E-state index contributed by atoms with van der Waals surface area (Å²) in [6.45, 7) is 10.0. The topological polar surface area (TPSA) is 15.3 Å². The van der Waals surface area contributed by atoms with E-state index in [0.717, 1.165) is 25.7 Å². The molecular weight excluding hydrogens is 256 g/mol. The number of benzene rings is 1. The van der Waals surface area contributed by atoms with Crippen LogP contribution in [-0.4, -0.2) is 19.1 Å². The summed E-state index contributed by atoms with van der Waals surface area (Å²) in [5.41, 5.74) is 2.90. The van der Waals surface area contributed by atoms with Gasteiger partial charge in [0.15, 0.2) is 0 Å². The van der Waals surface area contributed by atoms with Crippen molar-refractivity contribution in [1.29, 1.82) is 0 Å². The van der Waals surface area contributed by atoms with Crippen LogP contribution in [0.1, 0.15) is 58.4 Å². The fourth-order valence-corrected chi connectivity index (χ4v) is 3.45. The van der Waals surface area contributed by atoms with Crippen LogP contribution in [0.15, 0.2) is 24.3 Å². The number of anilines is 1. The van der Waals surface area contributed by atoms with Crippen molar-refractivity contribution >= 4 is 5.69 Å². The van der Waals surface area contributed by atoms with Gasteiger partial charge < -0.3 is 10.2 Å². The first kappa shape index (κ1) is 16.4. The first-order chi connectivity index (χ1) is 10.2. The summed E-state index contributed by atoms with van der Waals surface area (Å²) in [6.07, 6.45) is 6.94. The van der Waals surface area contributed by atoms with Gasteiger partial charge in [-0.2, -0.15) is 0 Å². The molecule has 0 heterocycles. The molecule has 1 aromatic carbocycles. The monoisotopic (exact) mass is 288 g/mol. The second-order valence-corrected chi connectivity index (χ2v) is 6.73. The molecule has 0 aliphatic heterocycles. The molecule has 1 aromatic rings. The van der Waals surface area contributed by atoms with E-state index in [0.29, 0.717) is 5.92 Å². The van der Waals surface area contributed by atoms with Crippen molar-refractivity contribution in [2.75, 3.05) is 18.0 Å². The smallest absolute Gasteiger partial charge is 0.0414 e. The number of rotatable bonds is 7. The maximum Gasteiger partial charge on any atom is 0.0414 e. The highest BCUT2D eigenvalue weighted by Gasteiger charge is 2.21. The fraction of sp³-hybridized carbons (Fsp3) is 0.684. The van der Waals surface area contributed by atoms with Gasteiger partial charge in [-0.15, -0.1) is 0 Å². The molecule has 1 saturated carbocycles. The lowest BCUT2D eigenvalue weighted by Gasteiger charge is -2.36. The van der Waals surface area contributed by atoms with Crippen LogP contribution in [-0.2, 0) is 6.54 Å². The predicted octanol–water partition coefficient (Wildman–Crippen LogP) is 4.59. The quantitative estimate of drug-likeness (QED) is 0.789. The van der Waals surface area contributed by atoms with E-state index in [1.54, 1.807) is 0 Å². The summed E-state index contributed by atoms with van der Waals surface area (Å²) in [5, 5.41) is 3.60. The Morgan fingerprint density at radius 2 is 1.86 bits per heavy atom. The predicted molar refractivity (Wildman–Crippen MR) is 92.9 cm³/mol. The molecular formula is C19H32N2. The van der Waals surface area contributed by atoms with Crippen LogP contribution < -0.4 is 10.2 Å². The molecule has 118 valence electrons. The van der Waals surface area contributed by atoms with E-state index in [1.807, 2.05) is 0 Å². The van der Waals surface area contributed by atoms with Crippen LogP contribution in [0.2, 0.25) is 0 Å². The summed E-state index contributed by atoms with van der Waals surface area (Å²) in [7, 11) is 0. The lowest BCUT2D eigenvalue weighted by Crippen LogP contribution is -2.37. The zero-order chi connectivity index (χ0) is 15.1. The van der Waals surface area contributed by atoms with E-state index in [2.05, 4.69) is 55.3 Å². The highest BCUT2D eigenvalue weighted by Crippen LogP contribution is 2.29. The summed E-state index contributed by atoms with van der Waals surface area (Å²) < 4.78 is 0. The molecule has 2 nitrogen and oxygen atoms in total. The summed E-state index contributed by atoms with van der Waals surface area (Å²) in [5.74, 6) is 0.706. The Bertz CT molecular complexity index is 408. The molecule has 21 heavy (non-hydrogen) atoms. The minimum absolute atomic E-state index is 0.706. The Balaban J connectivity index is 2.08. The third-order valence-electron chi connectivity index (χ3n) is 4.53. The van der Waals surface area contributed by atoms with Gasteiger partial charge >= 0.3 is 0 Å². The molecule has 0 bridgehead atoms. The number of nitrogens with one attached hydrogen (secondary N) is 1. The third-order valence-corrected chi connectivity index (χ3v) is 4.53. The Morgan fingerprint density at radius 3 is 2.52 bits per heavy atom. The van der Waals surface area contributed by atoms with Crippen molar-refractivity contribution in [3.63, 3.8) is 0 Å². The number of hydrogen-bond donors (Lipinski definition) is 1. The van der Waals surface area contributed by atoms with Crippen molar-refractivity contribution in [3.05, 3.63) is 29.8 Å². The maximum absolute atomic E-state index is 3.60. The van der Waals surface area contributed by atoms with Crippen LogP contribution in [0.25, 0.3) is 0 Å². The van der Waals surface area contributed by atoms with Crippen LogP contribution in [0.3, 0.4) is 0 Å². The van der Waals surface area contributed by atoms with Crippen molar-refractivity contribution < 1.29 is 0 Å². The van der Waals surface area contributed by atoms with E-state index in [4.69, 9.17) is 0 Å². The average molecular weight is 288 g/mol. The second kappa shape index (κ2) is 8.43. The molecule has 0 amide bonds. The molecule has 1 aliphatic carbocycles. The fourth-order valence-electron chi connectivity index (χ4n) is 3.45. The Kier molecular flexibility index (Phi) is 6.56. The third kappa shape index (κ3) is 4.74. The minimum Gasteiger partial charge on any atom is -0.369 e. The van der Waals surface area contributed by atoms with Crippen molar-refractivity contribution in [3.8, 4) is 0 Å². The van der Waals surface area contributed by atoms with Crippen LogP contribution in [0, 0.1) is 5.92 Å². The number of para-hydroxylation sites is 1. The van der Waals surface area contributed by atoms with Gasteiger partial charge in [0, 0.05) is 24.8 Å². The molecule has 0 radical (unpaired) electrons. The summed E-state index contributed by atoms with van der Waals surface area (Å²) >= 11 is 0. The van der Waals surface area contributed by atoms with Crippen LogP contribution in [0.4, 0.5) is 5.69 Å². The van der Waals surface area contributed by atoms with E-state index >= 15 is 0 Å². The number of nitrogens with zero attached hydrogens (tertiary/aromatic N) is 1. The van der Waals surface area contributed by atoms with E-state index in [-0.39, 0.29) is 0 Å². The van der Waals surface area contributed by atoms with Gasteiger partial charge in [0.25, 0.3) is 0 Å². The van der Waals surface area contributed by atoms with Crippen LogP contribution in [0.5, 0.6) is 0 Å². The van der Waals surface area contributed by atoms with Gasteiger partial charge in [-0.3, -0.25) is 0 Å². The molecule has 0 atom stereocenters. The molecule has 2 rings (SSSR count). The Hall–Kier alpha value is -1.02. The average Bonchev–Trinajstić information content (AvgIpc) is 2.50. The molecule has 1 fully saturated rings. The molecule has 1 aliphatic rings. The number of hydrogen-bond acceptors (Lipinski definition) is 2. The van der Waals surface area contributed by atoms with Crippen molar-refractivity contribution in [2.45, 2.75) is 65.5 Å². The van der Waals surface area contributed by atoms with Gasteiger partial charge in [-0.25, -0.2) is 0 Å². The van der Waals surface area contributed by atoms with Gasteiger partial charge in [0.1, 0.15) is 0 Å². The molecule has 0 unspecified atom stereocenters.